The SMILES string of the molecule is NC(=O)c1nnc(N2CCCC(NC(=O)N3CCOCC3)C2)nc1Nc1ccc(C(=O)N2CCOCC2)cc1. The van der Waals surface area contributed by atoms with E-state index in [4.69, 9.17) is 15.2 Å². The summed E-state index contributed by atoms with van der Waals surface area (Å²) in [5.41, 5.74) is 6.60. The molecule has 4 amide bonds. The van der Waals surface area contributed by atoms with Crippen LogP contribution in [0.3, 0.4) is 0 Å². The lowest BCUT2D eigenvalue weighted by atomic mass is 10.1. The lowest BCUT2D eigenvalue weighted by molar-refractivity contribution is 0.0303. The zero-order valence-electron chi connectivity index (χ0n) is 21.7. The van der Waals surface area contributed by atoms with Gasteiger partial charge in [0.05, 0.1) is 26.4 Å². The van der Waals surface area contributed by atoms with Gasteiger partial charge in [0, 0.05) is 56.6 Å². The maximum absolute atomic E-state index is 12.7. The third-order valence-corrected chi connectivity index (χ3v) is 6.93. The molecule has 1 unspecified atom stereocenters. The molecule has 4 heterocycles. The number of hydrogen-bond donors (Lipinski definition) is 3. The van der Waals surface area contributed by atoms with E-state index in [9.17, 15) is 14.4 Å². The molecule has 0 radical (unpaired) electrons. The van der Waals surface area contributed by atoms with Crippen molar-refractivity contribution >= 4 is 35.3 Å². The van der Waals surface area contributed by atoms with Gasteiger partial charge in [0.15, 0.2) is 11.5 Å². The molecule has 1 aromatic carbocycles. The predicted octanol–water partition coefficient (Wildman–Crippen LogP) is 0.197. The number of anilines is 3. The molecule has 208 valence electrons. The number of amides is 4. The van der Waals surface area contributed by atoms with E-state index in [1.165, 1.54) is 0 Å². The maximum atomic E-state index is 12.7. The molecule has 39 heavy (non-hydrogen) atoms. The molecule has 4 N–H and O–H groups in total. The summed E-state index contributed by atoms with van der Waals surface area (Å²) in [5, 5.41) is 14.4. The van der Waals surface area contributed by atoms with E-state index < -0.39 is 5.91 Å². The van der Waals surface area contributed by atoms with Crippen LogP contribution in [0.15, 0.2) is 24.3 Å². The highest BCUT2D eigenvalue weighted by molar-refractivity contribution is 5.97. The van der Waals surface area contributed by atoms with E-state index in [1.807, 2.05) is 4.90 Å². The first-order chi connectivity index (χ1) is 19.0. The van der Waals surface area contributed by atoms with Crippen molar-refractivity contribution in [3.05, 3.63) is 35.5 Å². The largest absolute Gasteiger partial charge is 0.378 e. The predicted molar refractivity (Wildman–Crippen MR) is 141 cm³/mol. The summed E-state index contributed by atoms with van der Waals surface area (Å²) < 4.78 is 10.6. The first kappa shape index (κ1) is 26.6. The fourth-order valence-electron chi connectivity index (χ4n) is 4.80. The van der Waals surface area contributed by atoms with Crippen LogP contribution in [-0.4, -0.2) is 115 Å². The van der Waals surface area contributed by atoms with Crippen molar-refractivity contribution in [3.8, 4) is 0 Å². The second kappa shape index (κ2) is 12.2. The Morgan fingerprint density at radius 3 is 2.23 bits per heavy atom. The van der Waals surface area contributed by atoms with Crippen molar-refractivity contribution in [1.82, 2.24) is 30.3 Å². The Morgan fingerprint density at radius 1 is 0.897 bits per heavy atom. The molecule has 0 bridgehead atoms. The van der Waals surface area contributed by atoms with Crippen LogP contribution < -0.4 is 21.3 Å². The van der Waals surface area contributed by atoms with Crippen LogP contribution in [0.1, 0.15) is 33.7 Å². The summed E-state index contributed by atoms with van der Waals surface area (Å²) in [6, 6.07) is 6.71. The Morgan fingerprint density at radius 2 is 1.56 bits per heavy atom. The summed E-state index contributed by atoms with van der Waals surface area (Å²) >= 11 is 0. The molecule has 5 rings (SSSR count). The molecule has 0 saturated carbocycles. The number of aromatic nitrogens is 3. The highest BCUT2D eigenvalue weighted by Crippen LogP contribution is 2.22. The van der Waals surface area contributed by atoms with E-state index in [-0.39, 0.29) is 29.5 Å². The first-order valence-corrected chi connectivity index (χ1v) is 13.1. The van der Waals surface area contributed by atoms with Crippen LogP contribution in [0, 0.1) is 0 Å². The van der Waals surface area contributed by atoms with E-state index in [1.54, 1.807) is 34.1 Å². The molecule has 3 saturated heterocycles. The van der Waals surface area contributed by atoms with Gasteiger partial charge in [-0.3, -0.25) is 9.59 Å². The Bertz CT molecular complexity index is 1180. The number of nitrogens with zero attached hydrogens (tertiary/aromatic N) is 6. The lowest BCUT2D eigenvalue weighted by Gasteiger charge is -2.35. The highest BCUT2D eigenvalue weighted by atomic mass is 16.5. The molecule has 1 aromatic heterocycles. The Kier molecular flexibility index (Phi) is 8.32. The number of carbonyl (C=O) groups excluding carboxylic acids is 3. The fourth-order valence-corrected chi connectivity index (χ4v) is 4.80. The number of urea groups is 1. The fraction of sp³-hybridized carbons (Fsp3) is 0.520. The van der Waals surface area contributed by atoms with E-state index in [0.717, 1.165) is 12.8 Å². The quantitative estimate of drug-likeness (QED) is 0.461. The number of rotatable bonds is 6. The number of ether oxygens (including phenoxy) is 2. The molecule has 0 aliphatic carbocycles. The van der Waals surface area contributed by atoms with Crippen LogP contribution in [0.4, 0.5) is 22.2 Å². The Labute approximate surface area is 225 Å². The maximum Gasteiger partial charge on any atom is 0.317 e. The monoisotopic (exact) mass is 539 g/mol. The van der Waals surface area contributed by atoms with Gasteiger partial charge >= 0.3 is 6.03 Å². The average Bonchev–Trinajstić information content (AvgIpc) is 2.98. The van der Waals surface area contributed by atoms with Crippen molar-refractivity contribution in [2.75, 3.05) is 75.9 Å². The topological polar surface area (TPSA) is 168 Å². The zero-order valence-corrected chi connectivity index (χ0v) is 21.7. The van der Waals surface area contributed by atoms with Crippen molar-refractivity contribution in [3.63, 3.8) is 0 Å². The third kappa shape index (κ3) is 6.52. The van der Waals surface area contributed by atoms with Gasteiger partial charge in [-0.2, -0.15) is 4.98 Å². The highest BCUT2D eigenvalue weighted by Gasteiger charge is 2.27. The molecule has 0 spiro atoms. The van der Waals surface area contributed by atoms with Gasteiger partial charge in [0.1, 0.15) is 0 Å². The lowest BCUT2D eigenvalue weighted by Crippen LogP contribution is -2.54. The van der Waals surface area contributed by atoms with Crippen LogP contribution >= 0.6 is 0 Å². The molecule has 3 aliphatic rings. The number of benzene rings is 1. The third-order valence-electron chi connectivity index (χ3n) is 6.93. The van der Waals surface area contributed by atoms with Gasteiger partial charge in [-0.1, -0.05) is 0 Å². The normalized spacial score (nSPS) is 19.9. The van der Waals surface area contributed by atoms with Crippen LogP contribution in [0.2, 0.25) is 0 Å². The van der Waals surface area contributed by atoms with Gasteiger partial charge < -0.3 is 40.5 Å². The number of morpholine rings is 2. The van der Waals surface area contributed by atoms with E-state index >= 15 is 0 Å². The summed E-state index contributed by atoms with van der Waals surface area (Å²) in [5.74, 6) is -0.336. The first-order valence-electron chi connectivity index (χ1n) is 13.1. The van der Waals surface area contributed by atoms with Gasteiger partial charge in [0.25, 0.3) is 11.8 Å². The molecule has 2 aromatic rings. The minimum Gasteiger partial charge on any atom is -0.378 e. The second-order valence-electron chi connectivity index (χ2n) is 9.61. The second-order valence-corrected chi connectivity index (χ2v) is 9.61. The van der Waals surface area contributed by atoms with Crippen molar-refractivity contribution in [2.45, 2.75) is 18.9 Å². The van der Waals surface area contributed by atoms with Crippen molar-refractivity contribution in [1.29, 1.82) is 0 Å². The Balaban J connectivity index is 1.26. The summed E-state index contributed by atoms with van der Waals surface area (Å²) in [7, 11) is 0. The zero-order chi connectivity index (χ0) is 27.2. The van der Waals surface area contributed by atoms with Crippen molar-refractivity contribution in [2.24, 2.45) is 5.73 Å². The molecular weight excluding hydrogens is 506 g/mol. The number of piperidine rings is 1. The number of nitrogens with two attached hydrogens (primary N) is 1. The molecule has 3 fully saturated rings. The van der Waals surface area contributed by atoms with Crippen molar-refractivity contribution < 1.29 is 23.9 Å². The number of primary amides is 1. The van der Waals surface area contributed by atoms with Gasteiger partial charge in [0.2, 0.25) is 5.95 Å². The Hall–Kier alpha value is -4.04. The van der Waals surface area contributed by atoms with Crippen LogP contribution in [0.5, 0.6) is 0 Å². The molecule has 1 atom stereocenters. The van der Waals surface area contributed by atoms with Gasteiger partial charge in [-0.25, -0.2) is 4.79 Å². The summed E-state index contributed by atoms with van der Waals surface area (Å²) in [6.45, 7) is 5.59. The molecular formula is C25H33N9O5. The number of nitrogens with one attached hydrogen (secondary N) is 2. The van der Waals surface area contributed by atoms with E-state index in [2.05, 4.69) is 25.8 Å². The standard InChI is InChI=1S/C25H33N9O5/c26-21(35)20-22(27-18-5-3-17(4-6-18)23(36)32-8-12-38-13-9-32)29-24(31-30-20)34-7-1-2-19(16-34)28-25(37)33-10-14-39-15-11-33/h3-6,19H,1-2,7-16H2,(H2,26,35)(H,28,37)(H,27,29,31). The summed E-state index contributed by atoms with van der Waals surface area (Å²) in [4.78, 5) is 47.4. The van der Waals surface area contributed by atoms with E-state index in [0.29, 0.717) is 82.9 Å². The summed E-state index contributed by atoms with van der Waals surface area (Å²) in [6.07, 6.45) is 1.66. The van der Waals surface area contributed by atoms with Crippen LogP contribution in [-0.2, 0) is 9.47 Å². The van der Waals surface area contributed by atoms with Gasteiger partial charge in [-0.15, -0.1) is 10.2 Å². The smallest absolute Gasteiger partial charge is 0.317 e. The minimum absolute atomic E-state index is 0.0611. The molecule has 14 heteroatoms. The number of carbonyl (C=O) groups is 3. The minimum atomic E-state index is -0.766. The molecule has 14 nitrogen and oxygen atoms in total. The average molecular weight is 540 g/mol. The van der Waals surface area contributed by atoms with Gasteiger partial charge in [-0.05, 0) is 37.1 Å². The number of hydrogen-bond acceptors (Lipinski definition) is 10. The van der Waals surface area contributed by atoms with Crippen LogP contribution in [0.25, 0.3) is 0 Å². The molecule has 3 aliphatic heterocycles.